The second-order valence-corrected chi connectivity index (χ2v) is 11.0. The minimum Gasteiger partial charge on any atom is -0.460 e. The predicted molar refractivity (Wildman–Crippen MR) is 134 cm³/mol. The summed E-state index contributed by atoms with van der Waals surface area (Å²) in [5.74, 6) is 0.0312. The van der Waals surface area contributed by atoms with Crippen molar-refractivity contribution in [2.75, 3.05) is 0 Å². The summed E-state index contributed by atoms with van der Waals surface area (Å²) in [6.07, 6.45) is 4.85. The van der Waals surface area contributed by atoms with Gasteiger partial charge >= 0.3 is 5.97 Å². The van der Waals surface area contributed by atoms with Gasteiger partial charge < -0.3 is 4.74 Å². The van der Waals surface area contributed by atoms with Gasteiger partial charge in [-0.1, -0.05) is 38.8 Å². The van der Waals surface area contributed by atoms with Crippen LogP contribution in [0.1, 0.15) is 107 Å². The third kappa shape index (κ3) is 7.61. The van der Waals surface area contributed by atoms with Gasteiger partial charge in [-0.25, -0.2) is 0 Å². The Kier molecular flexibility index (Phi) is 9.78. The van der Waals surface area contributed by atoms with E-state index in [4.69, 9.17) is 4.74 Å². The minimum atomic E-state index is -0.542. The summed E-state index contributed by atoms with van der Waals surface area (Å²) in [5.41, 5.74) is 2.96. The summed E-state index contributed by atoms with van der Waals surface area (Å²) in [7, 11) is 0. The Balaban J connectivity index is 2.19. The van der Waals surface area contributed by atoms with Gasteiger partial charge in [0.25, 0.3) is 0 Å². The minimum absolute atomic E-state index is 0.00473. The van der Waals surface area contributed by atoms with Crippen molar-refractivity contribution in [1.82, 2.24) is 0 Å². The van der Waals surface area contributed by atoms with Crippen LogP contribution in [0, 0.1) is 24.7 Å². The highest BCUT2D eigenvalue weighted by Gasteiger charge is 2.33. The molecule has 2 rings (SSSR count). The smallest absolute Gasteiger partial charge is 0.310 e. The van der Waals surface area contributed by atoms with Crippen molar-refractivity contribution >= 4 is 23.3 Å². The zero-order chi connectivity index (χ0) is 25.6. The highest BCUT2D eigenvalue weighted by molar-refractivity contribution is 6.01. The molecule has 1 aromatic rings. The van der Waals surface area contributed by atoms with Crippen LogP contribution in [0.5, 0.6) is 0 Å². The quantitative estimate of drug-likeness (QED) is 0.293. The molecular weight excluding hydrogens is 428 g/mol. The molecule has 0 radical (unpaired) electrons. The summed E-state index contributed by atoms with van der Waals surface area (Å²) in [6.45, 7) is 13.1. The standard InChI is InChI=1S/C29H42O5/c1-8-10-22(24(9-2)25(31)13-18(3)30)14-20-15-23-12-11-21(17-27(33)34-29(5,6)7)19(4)28(23)26(32)16-20/h11-12,20,22,24H,8-10,13-17H2,1-7H3. The van der Waals surface area contributed by atoms with Crippen molar-refractivity contribution in [2.45, 2.75) is 105 Å². The molecule has 3 atom stereocenters. The largest absolute Gasteiger partial charge is 0.460 e. The van der Waals surface area contributed by atoms with Crippen LogP contribution < -0.4 is 0 Å². The third-order valence-corrected chi connectivity index (χ3v) is 6.82. The molecule has 1 aliphatic carbocycles. The van der Waals surface area contributed by atoms with Crippen LogP contribution in [-0.2, 0) is 32.0 Å². The molecule has 0 amide bonds. The lowest BCUT2D eigenvalue weighted by Gasteiger charge is -2.32. The first kappa shape index (κ1) is 27.9. The maximum Gasteiger partial charge on any atom is 0.310 e. The molecule has 188 valence electrons. The van der Waals surface area contributed by atoms with E-state index in [1.807, 2.05) is 46.8 Å². The lowest BCUT2D eigenvalue weighted by atomic mass is 9.72. The van der Waals surface area contributed by atoms with Gasteiger partial charge in [-0.05, 0) is 82.4 Å². The van der Waals surface area contributed by atoms with Crippen LogP contribution in [-0.4, -0.2) is 28.9 Å². The van der Waals surface area contributed by atoms with E-state index in [1.54, 1.807) is 0 Å². The summed E-state index contributed by atoms with van der Waals surface area (Å²) < 4.78 is 5.46. The Morgan fingerprint density at radius 1 is 1.12 bits per heavy atom. The monoisotopic (exact) mass is 470 g/mol. The third-order valence-electron chi connectivity index (χ3n) is 6.82. The first-order valence-corrected chi connectivity index (χ1v) is 12.7. The molecule has 3 unspecified atom stereocenters. The second kappa shape index (κ2) is 11.9. The van der Waals surface area contributed by atoms with E-state index in [0.717, 1.165) is 54.4 Å². The molecule has 5 nitrogen and oxygen atoms in total. The molecule has 0 saturated heterocycles. The molecule has 0 heterocycles. The summed E-state index contributed by atoms with van der Waals surface area (Å²) in [6, 6.07) is 3.93. The average molecular weight is 471 g/mol. The maximum absolute atomic E-state index is 13.2. The van der Waals surface area contributed by atoms with Gasteiger partial charge in [-0.15, -0.1) is 0 Å². The molecule has 1 aliphatic rings. The molecule has 0 spiro atoms. The molecule has 0 N–H and O–H groups in total. The number of rotatable bonds is 11. The van der Waals surface area contributed by atoms with Gasteiger partial charge in [0, 0.05) is 17.9 Å². The summed E-state index contributed by atoms with van der Waals surface area (Å²) in [4.78, 5) is 49.8. The number of carbonyl (C=O) groups excluding carboxylic acids is 4. The van der Waals surface area contributed by atoms with E-state index < -0.39 is 5.60 Å². The van der Waals surface area contributed by atoms with E-state index in [0.29, 0.717) is 6.42 Å². The number of ether oxygens (including phenoxy) is 1. The van der Waals surface area contributed by atoms with Crippen LogP contribution in [0.2, 0.25) is 0 Å². The van der Waals surface area contributed by atoms with Crippen LogP contribution in [0.25, 0.3) is 0 Å². The van der Waals surface area contributed by atoms with Crippen LogP contribution >= 0.6 is 0 Å². The van der Waals surface area contributed by atoms with Crippen molar-refractivity contribution < 1.29 is 23.9 Å². The molecule has 0 aliphatic heterocycles. The molecule has 0 saturated carbocycles. The second-order valence-electron chi connectivity index (χ2n) is 11.0. The lowest BCUT2D eigenvalue weighted by Crippen LogP contribution is -2.30. The van der Waals surface area contributed by atoms with E-state index in [9.17, 15) is 19.2 Å². The SMILES string of the molecule is CCCC(CC1CC(=O)c2c(ccc(CC(=O)OC(C)(C)C)c2C)C1)C(CC)C(=O)CC(C)=O. The van der Waals surface area contributed by atoms with Gasteiger partial charge in [0.2, 0.25) is 0 Å². The van der Waals surface area contributed by atoms with Crippen LogP contribution in [0.15, 0.2) is 12.1 Å². The average Bonchev–Trinajstić information content (AvgIpc) is 2.68. The van der Waals surface area contributed by atoms with Gasteiger partial charge in [-0.3, -0.25) is 19.2 Å². The first-order chi connectivity index (χ1) is 15.9. The Morgan fingerprint density at radius 3 is 2.35 bits per heavy atom. The summed E-state index contributed by atoms with van der Waals surface area (Å²) >= 11 is 0. The number of carbonyl (C=O) groups is 4. The normalized spacial score (nSPS) is 17.6. The van der Waals surface area contributed by atoms with Crippen LogP contribution in [0.3, 0.4) is 0 Å². The topological polar surface area (TPSA) is 77.5 Å². The van der Waals surface area contributed by atoms with E-state index in [-0.39, 0.29) is 53.9 Å². The van der Waals surface area contributed by atoms with Gasteiger partial charge in [0.05, 0.1) is 12.8 Å². The molecule has 0 bridgehead atoms. The molecule has 5 heteroatoms. The number of ketones is 3. The molecule has 0 fully saturated rings. The first-order valence-electron chi connectivity index (χ1n) is 12.7. The number of hydrogen-bond acceptors (Lipinski definition) is 5. The van der Waals surface area contributed by atoms with Crippen molar-refractivity contribution in [3.05, 3.63) is 34.4 Å². The van der Waals surface area contributed by atoms with Crippen molar-refractivity contribution in [3.63, 3.8) is 0 Å². The number of fused-ring (bicyclic) bond motifs is 1. The van der Waals surface area contributed by atoms with Gasteiger partial charge in [0.1, 0.15) is 17.2 Å². The number of esters is 1. The zero-order valence-corrected chi connectivity index (χ0v) is 22.1. The van der Waals surface area contributed by atoms with Gasteiger partial charge in [-0.2, -0.15) is 0 Å². The highest BCUT2D eigenvalue weighted by atomic mass is 16.6. The van der Waals surface area contributed by atoms with Crippen molar-refractivity contribution in [3.8, 4) is 0 Å². The summed E-state index contributed by atoms with van der Waals surface area (Å²) in [5, 5.41) is 0. The van der Waals surface area contributed by atoms with Gasteiger partial charge in [0.15, 0.2) is 5.78 Å². The molecular formula is C29H42O5. The van der Waals surface area contributed by atoms with E-state index in [1.165, 1.54) is 6.92 Å². The number of benzene rings is 1. The maximum atomic E-state index is 13.2. The van der Waals surface area contributed by atoms with Crippen molar-refractivity contribution in [2.24, 2.45) is 17.8 Å². The lowest BCUT2D eigenvalue weighted by molar-refractivity contribution is -0.154. The van der Waals surface area contributed by atoms with E-state index >= 15 is 0 Å². The fourth-order valence-electron chi connectivity index (χ4n) is 5.49. The zero-order valence-electron chi connectivity index (χ0n) is 22.1. The predicted octanol–water partition coefficient (Wildman–Crippen LogP) is 6.01. The fraction of sp³-hybridized carbons (Fsp3) is 0.655. The Bertz CT molecular complexity index is 921. The van der Waals surface area contributed by atoms with Crippen molar-refractivity contribution in [1.29, 1.82) is 0 Å². The highest BCUT2D eigenvalue weighted by Crippen LogP contribution is 2.37. The van der Waals surface area contributed by atoms with Crippen LogP contribution in [0.4, 0.5) is 0 Å². The Labute approximate surface area is 205 Å². The van der Waals surface area contributed by atoms with E-state index in [2.05, 4.69) is 6.92 Å². The fourth-order valence-corrected chi connectivity index (χ4v) is 5.49. The Hall–Kier alpha value is -2.30. The number of hydrogen-bond donors (Lipinski definition) is 0. The molecule has 1 aromatic carbocycles. The molecule has 34 heavy (non-hydrogen) atoms. The molecule has 0 aromatic heterocycles. The Morgan fingerprint density at radius 2 is 1.79 bits per heavy atom. The number of Topliss-reactive ketones (excluding diaryl/α,β-unsaturated/α-hetero) is 3.